The zero-order valence-corrected chi connectivity index (χ0v) is 58.3. The van der Waals surface area contributed by atoms with E-state index in [-0.39, 0.29) is 66.8 Å². The number of benzene rings is 8. The summed E-state index contributed by atoms with van der Waals surface area (Å²) >= 11 is 0. The van der Waals surface area contributed by atoms with Gasteiger partial charge in [0.2, 0.25) is 0 Å². The highest BCUT2D eigenvalue weighted by Gasteiger charge is 2.41. The third-order valence-electron chi connectivity index (χ3n) is 19.6. The largest absolute Gasteiger partial charge is 0.507 e. The average molecular weight is 1370 g/mol. The second-order valence-electron chi connectivity index (χ2n) is 28.1. The van der Waals surface area contributed by atoms with E-state index in [0.717, 1.165) is 22.3 Å². The number of carboxylic acids is 4. The van der Waals surface area contributed by atoms with E-state index in [1.165, 1.54) is 24.3 Å². The number of carboxylic acid groups (broad SMARTS) is 4. The molecule has 0 spiro atoms. The lowest BCUT2D eigenvalue weighted by atomic mass is 9.73. The SMILES string of the molecule is Cc1ccc(C2c3cc(c(O)c(CNC(C(=O)O)C(C)C)c3O)C(c3ccc(C)cc3)c3cc(c(O)c(CNC(C(=O)O)C(C)C)c3O)C(c3ccc(C)cc3)c3cc(c(O)c(CNC(C(=O)O)C(C)C)c3O)C(c3ccc(C)cc3)c3cc2c(O)c(CNC(C(=O)O)C(C)C)c3O)cc1. The maximum atomic E-state index is 13.5. The summed E-state index contributed by atoms with van der Waals surface area (Å²) in [5.41, 5.74) is 3.56. The minimum Gasteiger partial charge on any atom is -0.507 e. The van der Waals surface area contributed by atoms with Crippen LogP contribution in [0.3, 0.4) is 0 Å². The van der Waals surface area contributed by atoms with E-state index in [2.05, 4.69) is 21.3 Å². The van der Waals surface area contributed by atoms with E-state index in [4.69, 9.17) is 0 Å². The van der Waals surface area contributed by atoms with Gasteiger partial charge in [-0.15, -0.1) is 0 Å². The first-order valence-corrected chi connectivity index (χ1v) is 33.6. The van der Waals surface area contributed by atoms with Crippen LogP contribution in [0.25, 0.3) is 0 Å². The summed E-state index contributed by atoms with van der Waals surface area (Å²) in [7, 11) is 0. The van der Waals surface area contributed by atoms with Gasteiger partial charge in [-0.05, 0) is 97.9 Å². The molecule has 0 radical (unpaired) electrons. The van der Waals surface area contributed by atoms with E-state index in [9.17, 15) is 80.5 Å². The predicted molar refractivity (Wildman–Crippen MR) is 380 cm³/mol. The summed E-state index contributed by atoms with van der Waals surface area (Å²) < 4.78 is 0. The molecule has 0 fully saturated rings. The van der Waals surface area contributed by atoms with Crippen LogP contribution in [0.4, 0.5) is 0 Å². The lowest BCUT2D eigenvalue weighted by Gasteiger charge is -2.32. The quantitative estimate of drug-likeness (QED) is 0.0267. The summed E-state index contributed by atoms with van der Waals surface area (Å²) in [5.74, 6) is -17.4. The van der Waals surface area contributed by atoms with Crippen molar-refractivity contribution in [2.75, 3.05) is 0 Å². The molecule has 528 valence electrons. The number of hydrogen-bond acceptors (Lipinski definition) is 16. The molecule has 4 atom stereocenters. The van der Waals surface area contributed by atoms with Gasteiger partial charge in [-0.25, -0.2) is 0 Å². The fourth-order valence-electron chi connectivity index (χ4n) is 13.9. The number of carbonyl (C=O) groups is 4. The van der Waals surface area contributed by atoms with Crippen molar-refractivity contribution in [3.8, 4) is 46.0 Å². The Morgan fingerprint density at radius 1 is 0.280 bits per heavy atom. The van der Waals surface area contributed by atoms with E-state index in [0.29, 0.717) is 22.3 Å². The van der Waals surface area contributed by atoms with Gasteiger partial charge >= 0.3 is 23.9 Å². The van der Waals surface area contributed by atoms with Gasteiger partial charge in [0.15, 0.2) is 0 Å². The number of hydrogen-bond donors (Lipinski definition) is 16. The smallest absolute Gasteiger partial charge is 0.320 e. The fourth-order valence-corrected chi connectivity index (χ4v) is 13.9. The molecule has 0 heterocycles. The van der Waals surface area contributed by atoms with Gasteiger partial charge in [0.05, 0.1) is 22.3 Å². The Hall–Kier alpha value is -10.1. The van der Waals surface area contributed by atoms with Crippen molar-refractivity contribution in [1.29, 1.82) is 0 Å². The highest BCUT2D eigenvalue weighted by Crippen LogP contribution is 2.57. The molecule has 100 heavy (non-hydrogen) atoms. The van der Waals surface area contributed by atoms with Gasteiger partial charge in [0, 0.05) is 94.4 Å². The maximum absolute atomic E-state index is 13.5. The predicted octanol–water partition coefficient (Wildman–Crippen LogP) is 12.4. The van der Waals surface area contributed by atoms with E-state index in [1.54, 1.807) is 152 Å². The van der Waals surface area contributed by atoms with E-state index < -0.39 is 168 Å². The van der Waals surface area contributed by atoms with Gasteiger partial charge in [-0.1, -0.05) is 175 Å². The van der Waals surface area contributed by atoms with Crippen LogP contribution < -0.4 is 21.3 Å². The highest BCUT2D eigenvalue weighted by atomic mass is 16.4. The Kier molecular flexibility index (Phi) is 22.6. The van der Waals surface area contributed by atoms with Crippen molar-refractivity contribution in [2.24, 2.45) is 23.7 Å². The molecule has 20 nitrogen and oxygen atoms in total. The Morgan fingerprint density at radius 2 is 0.420 bits per heavy atom. The Morgan fingerprint density at radius 3 is 0.540 bits per heavy atom. The van der Waals surface area contributed by atoms with Crippen LogP contribution in [0, 0.1) is 51.4 Å². The molecule has 4 unspecified atom stereocenters. The molecular weight excluding hydrogens is 1270 g/mol. The number of aryl methyl sites for hydroxylation is 4. The van der Waals surface area contributed by atoms with Crippen molar-refractivity contribution < 1.29 is 80.5 Å². The lowest BCUT2D eigenvalue weighted by Crippen LogP contribution is -2.40. The summed E-state index contributed by atoms with van der Waals surface area (Å²) in [6.45, 7) is 18.8. The molecule has 20 heteroatoms. The number of phenols is 8. The Labute approximate surface area is 582 Å². The van der Waals surface area contributed by atoms with Crippen molar-refractivity contribution in [3.05, 3.63) is 233 Å². The second kappa shape index (κ2) is 30.6. The minimum atomic E-state index is -1.39. The standard InChI is InChI=1S/C80H92N4O16/c1-37(2)65(77(93)94)81-33-57-69(85)49-29-50(70(57)86)62(46-23-15-42(10)16-24-46)52-31-54(74(90)59(72(52)88)35-83-67(39(5)6)79(97)98)64(48-27-19-44(12)20-28-48)56-32-55(75(91)60(76(56)92)36-84-68(40(7)8)80(99)100)63(47-25-17-43(11)18-26-47)53-30-51(61(49)45-21-13-41(9)14-22-45)71(87)58(73(53)89)34-82-66(38(3)4)78(95)96/h13-32,37-40,61-68,81-92H,33-36H2,1-12H3,(H,93,94)(H,95,96)(H,97,98)(H,99,100). The fraction of sp³-hybridized carbons (Fsp3) is 0.350. The van der Waals surface area contributed by atoms with Crippen LogP contribution >= 0.6 is 0 Å². The van der Waals surface area contributed by atoms with Crippen molar-refractivity contribution >= 4 is 23.9 Å². The van der Waals surface area contributed by atoms with Crippen LogP contribution in [0.15, 0.2) is 121 Å². The zero-order valence-electron chi connectivity index (χ0n) is 58.3. The first-order chi connectivity index (χ1) is 47.2. The molecule has 0 amide bonds. The molecule has 0 aliphatic heterocycles. The van der Waals surface area contributed by atoms with Crippen LogP contribution in [0.1, 0.15) is 190 Å². The van der Waals surface area contributed by atoms with Gasteiger partial charge in [0.25, 0.3) is 0 Å². The molecule has 8 aromatic carbocycles. The van der Waals surface area contributed by atoms with Gasteiger partial charge < -0.3 is 61.3 Å². The monoisotopic (exact) mass is 1360 g/mol. The highest BCUT2D eigenvalue weighted by molar-refractivity contribution is 5.77. The first kappa shape index (κ1) is 74.1. The molecule has 16 N–H and O–H groups in total. The van der Waals surface area contributed by atoms with Gasteiger partial charge in [0.1, 0.15) is 70.2 Å². The average Bonchev–Trinajstić information content (AvgIpc) is 0.731. The molecule has 8 bridgehead atoms. The van der Waals surface area contributed by atoms with Crippen molar-refractivity contribution in [3.63, 3.8) is 0 Å². The third-order valence-corrected chi connectivity index (χ3v) is 19.6. The summed E-state index contributed by atoms with van der Waals surface area (Å²) in [6, 6.07) is 29.4. The van der Waals surface area contributed by atoms with Crippen LogP contribution in [-0.2, 0) is 45.4 Å². The first-order valence-electron chi connectivity index (χ1n) is 33.6. The number of fused-ring (bicyclic) bond motifs is 8. The third kappa shape index (κ3) is 15.1. The molecular formula is C80H92N4O16. The van der Waals surface area contributed by atoms with E-state index in [1.807, 2.05) is 27.7 Å². The van der Waals surface area contributed by atoms with Crippen molar-refractivity contribution in [1.82, 2.24) is 21.3 Å². The van der Waals surface area contributed by atoms with Crippen LogP contribution in [0.2, 0.25) is 0 Å². The lowest BCUT2D eigenvalue weighted by molar-refractivity contribution is -0.141. The van der Waals surface area contributed by atoms with Crippen LogP contribution in [0.5, 0.6) is 46.0 Å². The maximum Gasteiger partial charge on any atom is 0.320 e. The summed E-state index contributed by atoms with van der Waals surface area (Å²) in [4.78, 5) is 52.3. The Bertz CT molecular complexity index is 3690. The number of rotatable bonds is 24. The van der Waals surface area contributed by atoms with Gasteiger partial charge in [-0.2, -0.15) is 0 Å². The second-order valence-corrected chi connectivity index (χ2v) is 28.1. The Balaban J connectivity index is 1.61. The number of nitrogens with one attached hydrogen (secondary N) is 4. The van der Waals surface area contributed by atoms with Crippen LogP contribution in [-0.4, -0.2) is 109 Å². The van der Waals surface area contributed by atoms with Crippen molar-refractivity contribution in [2.45, 2.75) is 157 Å². The molecule has 9 rings (SSSR count). The topological polar surface area (TPSA) is 359 Å². The normalized spacial score (nSPS) is 16.6. The molecule has 1 aliphatic rings. The van der Waals surface area contributed by atoms with Gasteiger partial charge in [-0.3, -0.25) is 40.4 Å². The zero-order chi connectivity index (χ0) is 73.2. The van der Waals surface area contributed by atoms with E-state index >= 15 is 0 Å². The molecule has 0 aromatic heterocycles. The number of aliphatic carboxylic acids is 4. The number of aromatic hydroxyl groups is 8. The molecule has 0 saturated carbocycles. The summed E-state index contributed by atoms with van der Waals surface area (Å²) in [6.07, 6.45) is 0. The molecule has 8 aromatic rings. The molecule has 1 aliphatic carbocycles. The minimum absolute atomic E-state index is 0.0298. The molecule has 0 saturated heterocycles. The number of phenolic OH excluding ortho intramolecular Hbond substituents is 8. The summed E-state index contributed by atoms with van der Waals surface area (Å²) in [5, 5.41) is 163.